The lowest BCUT2D eigenvalue weighted by atomic mass is 10.1. The van der Waals surface area contributed by atoms with Crippen LogP contribution in [0.4, 0.5) is 10.5 Å². The van der Waals surface area contributed by atoms with E-state index in [0.717, 1.165) is 25.9 Å². The Morgan fingerprint density at radius 1 is 1.12 bits per heavy atom. The largest absolute Gasteiger partial charge is 0.474 e. The van der Waals surface area contributed by atoms with Gasteiger partial charge >= 0.3 is 6.03 Å². The normalized spacial score (nSPS) is 17.2. The first-order chi connectivity index (χ1) is 12.3. The fraction of sp³-hybridized carbons (Fsp3) is 0.368. The Morgan fingerprint density at radius 3 is 2.48 bits per heavy atom. The zero-order chi connectivity index (χ0) is 17.1. The Kier molecular flexibility index (Phi) is 4.52. The van der Waals surface area contributed by atoms with Gasteiger partial charge in [-0.05, 0) is 43.1 Å². The fourth-order valence-corrected chi connectivity index (χ4v) is 3.29. The molecule has 0 aliphatic carbocycles. The number of nitrogens with zero attached hydrogens (tertiary/aromatic N) is 2. The van der Waals surface area contributed by atoms with Crippen LogP contribution >= 0.6 is 0 Å². The second-order valence-electron chi connectivity index (χ2n) is 6.51. The number of carbonyl (C=O) groups excluding carboxylic acids is 1. The summed E-state index contributed by atoms with van der Waals surface area (Å²) in [6, 6.07) is 11.7. The third-order valence-corrected chi connectivity index (χ3v) is 4.69. The van der Waals surface area contributed by atoms with Gasteiger partial charge in [-0.15, -0.1) is 0 Å². The van der Waals surface area contributed by atoms with Crippen molar-refractivity contribution in [3.05, 3.63) is 53.7 Å². The SMILES string of the molecule is O=C(Nc1ccc(OC2CCNCC2)nc1)N1Cc2ccccc2C1. The number of piperidine rings is 1. The average Bonchev–Trinajstić information content (AvgIpc) is 3.09. The van der Waals surface area contributed by atoms with Crippen LogP contribution in [0.3, 0.4) is 0 Å². The van der Waals surface area contributed by atoms with Gasteiger partial charge in [-0.3, -0.25) is 0 Å². The molecule has 1 aromatic heterocycles. The molecule has 0 bridgehead atoms. The van der Waals surface area contributed by atoms with E-state index in [1.807, 2.05) is 24.3 Å². The van der Waals surface area contributed by atoms with Crippen LogP contribution in [0.15, 0.2) is 42.6 Å². The van der Waals surface area contributed by atoms with E-state index in [1.165, 1.54) is 11.1 Å². The molecule has 2 aliphatic rings. The molecule has 2 N–H and O–H groups in total. The molecule has 6 heteroatoms. The smallest absolute Gasteiger partial charge is 0.322 e. The van der Waals surface area contributed by atoms with Crippen LogP contribution < -0.4 is 15.4 Å². The molecule has 6 nitrogen and oxygen atoms in total. The van der Waals surface area contributed by atoms with Crippen molar-refractivity contribution in [2.24, 2.45) is 0 Å². The first-order valence-corrected chi connectivity index (χ1v) is 8.74. The zero-order valence-corrected chi connectivity index (χ0v) is 14.1. The second kappa shape index (κ2) is 7.11. The maximum atomic E-state index is 12.4. The van der Waals surface area contributed by atoms with Crippen LogP contribution in [0.5, 0.6) is 5.88 Å². The third-order valence-electron chi connectivity index (χ3n) is 4.69. The summed E-state index contributed by atoms with van der Waals surface area (Å²) in [5.74, 6) is 0.610. The van der Waals surface area contributed by atoms with Gasteiger partial charge in [0.25, 0.3) is 0 Å². The quantitative estimate of drug-likeness (QED) is 0.903. The molecule has 1 saturated heterocycles. The van der Waals surface area contributed by atoms with Crippen molar-refractivity contribution < 1.29 is 9.53 Å². The molecule has 0 unspecified atom stereocenters. The Morgan fingerprint density at radius 2 is 1.84 bits per heavy atom. The van der Waals surface area contributed by atoms with Crippen molar-refractivity contribution in [2.45, 2.75) is 32.0 Å². The summed E-state index contributed by atoms with van der Waals surface area (Å²) >= 11 is 0. The Balaban J connectivity index is 1.33. The summed E-state index contributed by atoms with van der Waals surface area (Å²) < 4.78 is 5.88. The molecule has 0 spiro atoms. The molecule has 4 rings (SSSR count). The molecule has 0 saturated carbocycles. The van der Waals surface area contributed by atoms with E-state index in [9.17, 15) is 4.79 Å². The third kappa shape index (κ3) is 3.74. The maximum absolute atomic E-state index is 12.4. The predicted octanol–water partition coefficient (Wildman–Crippen LogP) is 2.76. The lowest BCUT2D eigenvalue weighted by Crippen LogP contribution is -2.34. The van der Waals surface area contributed by atoms with Gasteiger partial charge in [0.15, 0.2) is 0 Å². The second-order valence-corrected chi connectivity index (χ2v) is 6.51. The Bertz CT molecular complexity index is 716. The first kappa shape index (κ1) is 15.9. The Hall–Kier alpha value is -2.60. The summed E-state index contributed by atoms with van der Waals surface area (Å²) in [7, 11) is 0. The van der Waals surface area contributed by atoms with E-state index in [4.69, 9.17) is 4.74 Å². The van der Waals surface area contributed by atoms with Crippen molar-refractivity contribution >= 4 is 11.7 Å². The van der Waals surface area contributed by atoms with Crippen LogP contribution in [-0.2, 0) is 13.1 Å². The number of carbonyl (C=O) groups is 1. The van der Waals surface area contributed by atoms with Gasteiger partial charge in [0.05, 0.1) is 11.9 Å². The first-order valence-electron chi connectivity index (χ1n) is 8.74. The number of urea groups is 1. The predicted molar refractivity (Wildman–Crippen MR) is 95.5 cm³/mol. The minimum absolute atomic E-state index is 0.106. The summed E-state index contributed by atoms with van der Waals surface area (Å²) in [5, 5.41) is 6.22. The van der Waals surface area contributed by atoms with Crippen LogP contribution in [0.25, 0.3) is 0 Å². The molecule has 2 amide bonds. The van der Waals surface area contributed by atoms with Crippen molar-refractivity contribution in [3.63, 3.8) is 0 Å². The van der Waals surface area contributed by atoms with Crippen molar-refractivity contribution in [3.8, 4) is 5.88 Å². The summed E-state index contributed by atoms with van der Waals surface area (Å²) in [4.78, 5) is 18.5. The molecule has 25 heavy (non-hydrogen) atoms. The minimum atomic E-state index is -0.106. The molecule has 3 heterocycles. The molecule has 1 aromatic carbocycles. The van der Waals surface area contributed by atoms with Crippen molar-refractivity contribution in [2.75, 3.05) is 18.4 Å². The summed E-state index contributed by atoms with van der Waals surface area (Å²) in [5.41, 5.74) is 3.10. The molecule has 2 aliphatic heterocycles. The number of hydrogen-bond acceptors (Lipinski definition) is 4. The number of fused-ring (bicyclic) bond motifs is 1. The molecule has 130 valence electrons. The molecule has 2 aromatic rings. The van der Waals surface area contributed by atoms with Crippen molar-refractivity contribution in [1.29, 1.82) is 0 Å². The monoisotopic (exact) mass is 338 g/mol. The van der Waals surface area contributed by atoms with E-state index >= 15 is 0 Å². The van der Waals surface area contributed by atoms with Crippen LogP contribution in [0, 0.1) is 0 Å². The van der Waals surface area contributed by atoms with E-state index in [-0.39, 0.29) is 12.1 Å². The standard InChI is InChI=1S/C19H22N4O2/c24-19(23-12-14-3-1-2-4-15(14)13-23)22-16-5-6-18(21-11-16)25-17-7-9-20-10-8-17/h1-6,11,17,20H,7-10,12-13H2,(H,22,24). The van der Waals surface area contributed by atoms with Gasteiger partial charge in [0.2, 0.25) is 5.88 Å². The van der Waals surface area contributed by atoms with E-state index in [2.05, 4.69) is 27.8 Å². The van der Waals surface area contributed by atoms with Crippen LogP contribution in [0.2, 0.25) is 0 Å². The highest BCUT2D eigenvalue weighted by molar-refractivity contribution is 5.89. The molecular formula is C19H22N4O2. The van der Waals surface area contributed by atoms with Gasteiger partial charge in [-0.1, -0.05) is 24.3 Å². The highest BCUT2D eigenvalue weighted by atomic mass is 16.5. The van der Waals surface area contributed by atoms with Crippen LogP contribution in [-0.4, -0.2) is 35.1 Å². The summed E-state index contributed by atoms with van der Waals surface area (Å²) in [6.45, 7) is 3.26. The summed E-state index contributed by atoms with van der Waals surface area (Å²) in [6.07, 6.45) is 3.86. The number of rotatable bonds is 3. The van der Waals surface area contributed by atoms with Crippen molar-refractivity contribution in [1.82, 2.24) is 15.2 Å². The number of benzene rings is 1. The molecular weight excluding hydrogens is 316 g/mol. The number of anilines is 1. The van der Waals surface area contributed by atoms with Crippen LogP contribution in [0.1, 0.15) is 24.0 Å². The molecule has 1 fully saturated rings. The topological polar surface area (TPSA) is 66.5 Å². The maximum Gasteiger partial charge on any atom is 0.322 e. The van der Waals surface area contributed by atoms with Gasteiger partial charge in [0.1, 0.15) is 6.10 Å². The zero-order valence-electron chi connectivity index (χ0n) is 14.1. The fourth-order valence-electron chi connectivity index (χ4n) is 3.29. The number of ether oxygens (including phenoxy) is 1. The van der Waals surface area contributed by atoms with Gasteiger partial charge in [-0.2, -0.15) is 0 Å². The van der Waals surface area contributed by atoms with Gasteiger partial charge in [0, 0.05) is 19.2 Å². The van der Waals surface area contributed by atoms with E-state index in [1.54, 1.807) is 11.1 Å². The number of amides is 2. The lowest BCUT2D eigenvalue weighted by Gasteiger charge is -2.23. The molecule has 0 radical (unpaired) electrons. The lowest BCUT2D eigenvalue weighted by molar-refractivity contribution is 0.156. The molecule has 0 atom stereocenters. The van der Waals surface area contributed by atoms with E-state index < -0.39 is 0 Å². The highest BCUT2D eigenvalue weighted by Crippen LogP contribution is 2.23. The average molecular weight is 338 g/mol. The number of pyridine rings is 1. The minimum Gasteiger partial charge on any atom is -0.474 e. The number of hydrogen-bond donors (Lipinski definition) is 2. The number of nitrogens with one attached hydrogen (secondary N) is 2. The van der Waals surface area contributed by atoms with E-state index in [0.29, 0.717) is 24.7 Å². The Labute approximate surface area is 147 Å². The highest BCUT2D eigenvalue weighted by Gasteiger charge is 2.23. The number of aromatic nitrogens is 1. The van der Waals surface area contributed by atoms with Gasteiger partial charge in [-0.25, -0.2) is 9.78 Å². The van der Waals surface area contributed by atoms with Gasteiger partial charge < -0.3 is 20.3 Å².